The molecule has 4 nitrogen and oxygen atoms in total. The van der Waals surface area contributed by atoms with Crippen LogP contribution in [0.3, 0.4) is 0 Å². The first-order valence-corrected chi connectivity index (χ1v) is 9.18. The smallest absolute Gasteiger partial charge is 0.193 e. The van der Waals surface area contributed by atoms with Gasteiger partial charge in [-0.3, -0.25) is 4.99 Å². The highest BCUT2D eigenvalue weighted by molar-refractivity contribution is 14.0. The van der Waals surface area contributed by atoms with Crippen LogP contribution in [0, 0.1) is 11.3 Å². The molecule has 2 rings (SSSR count). The molecule has 0 aromatic carbocycles. The van der Waals surface area contributed by atoms with Crippen LogP contribution >= 0.6 is 24.0 Å². The lowest BCUT2D eigenvalue weighted by Gasteiger charge is -2.30. The number of hydrogen-bond acceptors (Lipinski definition) is 2. The fourth-order valence-electron chi connectivity index (χ4n) is 3.78. The van der Waals surface area contributed by atoms with Crippen LogP contribution in [0.15, 0.2) is 4.99 Å². The standard InChI is InChI=1S/C18H36N4.HI/c1-16-8-7-12-21(14-16)11-6-5-10-20-17(19-4)22-13-9-18(2,3)15-22;/h16H,5-15H2,1-4H3,(H,19,20);1H. The molecule has 2 fully saturated rings. The van der Waals surface area contributed by atoms with E-state index < -0.39 is 0 Å². The Morgan fingerprint density at radius 1 is 1.26 bits per heavy atom. The molecular formula is C18H37IN4. The van der Waals surface area contributed by atoms with Gasteiger partial charge in [-0.05, 0) is 56.5 Å². The third kappa shape index (κ3) is 7.16. The molecule has 136 valence electrons. The van der Waals surface area contributed by atoms with E-state index in [1.54, 1.807) is 0 Å². The Morgan fingerprint density at radius 3 is 2.65 bits per heavy atom. The van der Waals surface area contributed by atoms with E-state index in [1.807, 2.05) is 7.05 Å². The third-order valence-corrected chi connectivity index (χ3v) is 5.11. The Labute approximate surface area is 160 Å². The van der Waals surface area contributed by atoms with E-state index in [4.69, 9.17) is 0 Å². The predicted octanol–water partition coefficient (Wildman–Crippen LogP) is 3.42. The van der Waals surface area contributed by atoms with Crippen LogP contribution in [0.25, 0.3) is 0 Å². The van der Waals surface area contributed by atoms with Gasteiger partial charge < -0.3 is 15.1 Å². The normalized spacial score (nSPS) is 25.3. The zero-order valence-electron chi connectivity index (χ0n) is 15.6. The highest BCUT2D eigenvalue weighted by Crippen LogP contribution is 2.28. The Balaban J connectivity index is 0.00000264. The first-order chi connectivity index (χ1) is 10.5. The van der Waals surface area contributed by atoms with Gasteiger partial charge >= 0.3 is 0 Å². The summed E-state index contributed by atoms with van der Waals surface area (Å²) in [7, 11) is 1.91. The molecule has 0 spiro atoms. The topological polar surface area (TPSA) is 30.9 Å². The molecule has 0 aromatic heterocycles. The molecule has 1 N–H and O–H groups in total. The maximum Gasteiger partial charge on any atom is 0.193 e. The first-order valence-electron chi connectivity index (χ1n) is 9.18. The highest BCUT2D eigenvalue weighted by Gasteiger charge is 2.30. The van der Waals surface area contributed by atoms with Gasteiger partial charge in [0.15, 0.2) is 5.96 Å². The fraction of sp³-hybridized carbons (Fsp3) is 0.944. The number of unbranched alkanes of at least 4 members (excludes halogenated alkanes) is 1. The summed E-state index contributed by atoms with van der Waals surface area (Å²) in [6.07, 6.45) is 6.60. The lowest BCUT2D eigenvalue weighted by molar-refractivity contribution is 0.181. The third-order valence-electron chi connectivity index (χ3n) is 5.11. The number of rotatable bonds is 5. The average molecular weight is 436 g/mol. The summed E-state index contributed by atoms with van der Waals surface area (Å²) < 4.78 is 0. The van der Waals surface area contributed by atoms with Crippen molar-refractivity contribution in [3.63, 3.8) is 0 Å². The summed E-state index contributed by atoms with van der Waals surface area (Å²) >= 11 is 0. The molecule has 5 heteroatoms. The number of hydrogen-bond donors (Lipinski definition) is 1. The van der Waals surface area contributed by atoms with Crippen molar-refractivity contribution in [2.24, 2.45) is 16.3 Å². The summed E-state index contributed by atoms with van der Waals surface area (Å²) in [4.78, 5) is 9.51. The summed E-state index contributed by atoms with van der Waals surface area (Å²) in [6.45, 7) is 14.3. The van der Waals surface area contributed by atoms with E-state index in [0.29, 0.717) is 5.41 Å². The Morgan fingerprint density at radius 2 is 2.04 bits per heavy atom. The zero-order chi connectivity index (χ0) is 16.0. The molecule has 2 saturated heterocycles. The van der Waals surface area contributed by atoms with Crippen molar-refractivity contribution in [1.82, 2.24) is 15.1 Å². The van der Waals surface area contributed by atoms with Gasteiger partial charge in [-0.1, -0.05) is 20.8 Å². The van der Waals surface area contributed by atoms with Crippen molar-refractivity contribution in [3.05, 3.63) is 0 Å². The molecule has 1 unspecified atom stereocenters. The molecule has 0 saturated carbocycles. The number of aliphatic imine (C=N–C) groups is 1. The van der Waals surface area contributed by atoms with Gasteiger partial charge in [-0.15, -0.1) is 24.0 Å². The van der Waals surface area contributed by atoms with E-state index in [0.717, 1.165) is 31.5 Å². The summed E-state index contributed by atoms with van der Waals surface area (Å²) in [6, 6.07) is 0. The van der Waals surface area contributed by atoms with Gasteiger partial charge in [-0.2, -0.15) is 0 Å². The van der Waals surface area contributed by atoms with Crippen LogP contribution in [0.1, 0.15) is 52.9 Å². The lowest BCUT2D eigenvalue weighted by atomic mass is 9.93. The van der Waals surface area contributed by atoms with Crippen molar-refractivity contribution >= 4 is 29.9 Å². The molecule has 2 aliphatic heterocycles. The van der Waals surface area contributed by atoms with Crippen molar-refractivity contribution in [3.8, 4) is 0 Å². The number of halogens is 1. The van der Waals surface area contributed by atoms with Crippen LogP contribution in [-0.4, -0.2) is 62.1 Å². The summed E-state index contributed by atoms with van der Waals surface area (Å²) in [5.74, 6) is 1.99. The van der Waals surface area contributed by atoms with E-state index in [-0.39, 0.29) is 24.0 Å². The second kappa shape index (κ2) is 10.1. The molecule has 23 heavy (non-hydrogen) atoms. The number of likely N-dealkylation sites (tertiary alicyclic amines) is 2. The molecule has 1 atom stereocenters. The molecule has 0 amide bonds. The van der Waals surface area contributed by atoms with E-state index in [9.17, 15) is 0 Å². The zero-order valence-corrected chi connectivity index (χ0v) is 17.9. The predicted molar refractivity (Wildman–Crippen MR) is 111 cm³/mol. The van der Waals surface area contributed by atoms with Crippen molar-refractivity contribution < 1.29 is 0 Å². The minimum atomic E-state index is 0. The maximum atomic E-state index is 4.45. The molecule has 2 heterocycles. The van der Waals surface area contributed by atoms with Crippen molar-refractivity contribution in [2.45, 2.75) is 52.9 Å². The van der Waals surface area contributed by atoms with E-state index in [1.165, 1.54) is 51.7 Å². The van der Waals surface area contributed by atoms with E-state index >= 15 is 0 Å². The molecule has 0 radical (unpaired) electrons. The van der Waals surface area contributed by atoms with Crippen molar-refractivity contribution in [1.29, 1.82) is 0 Å². The Kier molecular flexibility index (Phi) is 9.19. The molecular weight excluding hydrogens is 399 g/mol. The Hall–Kier alpha value is -0.0400. The quantitative estimate of drug-likeness (QED) is 0.310. The molecule has 0 aliphatic carbocycles. The lowest BCUT2D eigenvalue weighted by Crippen LogP contribution is -2.41. The van der Waals surface area contributed by atoms with Crippen LogP contribution in [-0.2, 0) is 0 Å². The van der Waals surface area contributed by atoms with Gasteiger partial charge in [0.25, 0.3) is 0 Å². The van der Waals surface area contributed by atoms with Gasteiger partial charge in [0.2, 0.25) is 0 Å². The van der Waals surface area contributed by atoms with Crippen LogP contribution in [0.4, 0.5) is 0 Å². The number of nitrogens with zero attached hydrogens (tertiary/aromatic N) is 3. The molecule has 0 aromatic rings. The fourth-order valence-corrected chi connectivity index (χ4v) is 3.78. The van der Waals surface area contributed by atoms with Crippen LogP contribution in [0.2, 0.25) is 0 Å². The maximum absolute atomic E-state index is 4.45. The summed E-state index contributed by atoms with van der Waals surface area (Å²) in [5, 5.41) is 3.55. The van der Waals surface area contributed by atoms with Crippen molar-refractivity contribution in [2.75, 3.05) is 46.3 Å². The number of piperidine rings is 1. The Bertz CT molecular complexity index is 370. The van der Waals surface area contributed by atoms with Gasteiger partial charge in [0.05, 0.1) is 0 Å². The minimum absolute atomic E-state index is 0. The second-order valence-electron chi connectivity index (χ2n) is 8.06. The SMILES string of the molecule is CN=C(NCCCCN1CCCC(C)C1)N1CCC(C)(C)C1.I. The van der Waals surface area contributed by atoms with Gasteiger partial charge in [0.1, 0.15) is 0 Å². The molecule has 2 aliphatic rings. The second-order valence-corrected chi connectivity index (χ2v) is 8.06. The van der Waals surface area contributed by atoms with Crippen LogP contribution < -0.4 is 5.32 Å². The largest absolute Gasteiger partial charge is 0.356 e. The monoisotopic (exact) mass is 436 g/mol. The summed E-state index contributed by atoms with van der Waals surface area (Å²) in [5.41, 5.74) is 0.433. The van der Waals surface area contributed by atoms with Gasteiger partial charge in [-0.25, -0.2) is 0 Å². The number of nitrogens with one attached hydrogen (secondary N) is 1. The molecule has 0 bridgehead atoms. The number of guanidine groups is 1. The van der Waals surface area contributed by atoms with Crippen LogP contribution in [0.5, 0.6) is 0 Å². The first kappa shape index (κ1) is 21.0. The minimum Gasteiger partial charge on any atom is -0.356 e. The average Bonchev–Trinajstić information content (AvgIpc) is 2.83. The van der Waals surface area contributed by atoms with Gasteiger partial charge in [0, 0.05) is 33.2 Å². The highest BCUT2D eigenvalue weighted by atomic mass is 127. The van der Waals surface area contributed by atoms with E-state index in [2.05, 4.69) is 40.9 Å².